The number of nitrogens with zero attached hydrogens (tertiary/aromatic N) is 3. The summed E-state index contributed by atoms with van der Waals surface area (Å²) in [4.78, 5) is 9.72. The van der Waals surface area contributed by atoms with Gasteiger partial charge in [0, 0.05) is 39.3 Å². The smallest absolute Gasteiger partial charge is 0.193 e. The summed E-state index contributed by atoms with van der Waals surface area (Å²) in [5.74, 6) is 1.08. The minimum atomic E-state index is 0. The molecule has 1 N–H and O–H groups in total. The molecule has 152 valence electrons. The Bertz CT molecular complexity index is 434. The van der Waals surface area contributed by atoms with Crippen LogP contribution in [0.15, 0.2) is 4.99 Å². The molecule has 1 aliphatic carbocycles. The second kappa shape index (κ2) is 11.1. The van der Waals surface area contributed by atoms with Gasteiger partial charge in [0.25, 0.3) is 0 Å². The van der Waals surface area contributed by atoms with Crippen LogP contribution in [0.1, 0.15) is 64.7 Å². The molecular weight excluding hydrogens is 439 g/mol. The molecule has 1 unspecified atom stereocenters. The monoisotopic (exact) mass is 478 g/mol. The molecular formula is C20H39IN4O. The molecule has 0 amide bonds. The van der Waals surface area contributed by atoms with E-state index >= 15 is 0 Å². The first-order valence-electron chi connectivity index (χ1n) is 10.6. The molecule has 0 aromatic heterocycles. The van der Waals surface area contributed by atoms with Crippen LogP contribution in [-0.4, -0.2) is 73.8 Å². The number of rotatable bonds is 6. The van der Waals surface area contributed by atoms with E-state index < -0.39 is 0 Å². The molecule has 3 fully saturated rings. The van der Waals surface area contributed by atoms with Gasteiger partial charge in [-0.1, -0.05) is 26.2 Å². The first-order chi connectivity index (χ1) is 12.3. The Morgan fingerprint density at radius 2 is 1.85 bits per heavy atom. The van der Waals surface area contributed by atoms with Gasteiger partial charge in [0.15, 0.2) is 5.96 Å². The molecule has 5 nitrogen and oxygen atoms in total. The largest absolute Gasteiger partial charge is 0.373 e. The lowest BCUT2D eigenvalue weighted by atomic mass is 9.84. The van der Waals surface area contributed by atoms with Crippen molar-refractivity contribution in [1.29, 1.82) is 0 Å². The summed E-state index contributed by atoms with van der Waals surface area (Å²) in [6.45, 7) is 8.82. The number of guanidine groups is 1. The van der Waals surface area contributed by atoms with Gasteiger partial charge in [0.1, 0.15) is 0 Å². The van der Waals surface area contributed by atoms with E-state index in [0.29, 0.717) is 0 Å². The predicted molar refractivity (Wildman–Crippen MR) is 120 cm³/mol. The van der Waals surface area contributed by atoms with Crippen molar-refractivity contribution in [3.05, 3.63) is 0 Å². The van der Waals surface area contributed by atoms with Gasteiger partial charge in [0.2, 0.25) is 0 Å². The zero-order chi connectivity index (χ0) is 17.5. The third kappa shape index (κ3) is 5.71. The molecule has 0 aromatic rings. The van der Waals surface area contributed by atoms with Crippen molar-refractivity contribution < 1.29 is 4.74 Å². The van der Waals surface area contributed by atoms with E-state index in [0.717, 1.165) is 44.7 Å². The molecule has 0 bridgehead atoms. The van der Waals surface area contributed by atoms with Crippen molar-refractivity contribution in [3.63, 3.8) is 0 Å². The summed E-state index contributed by atoms with van der Waals surface area (Å²) in [6.07, 6.45) is 11.5. The number of nitrogens with one attached hydrogen (secondary N) is 1. The summed E-state index contributed by atoms with van der Waals surface area (Å²) < 4.78 is 6.34. The van der Waals surface area contributed by atoms with E-state index in [-0.39, 0.29) is 29.6 Å². The molecule has 2 aliphatic heterocycles. The zero-order valence-corrected chi connectivity index (χ0v) is 19.2. The van der Waals surface area contributed by atoms with E-state index in [9.17, 15) is 0 Å². The van der Waals surface area contributed by atoms with E-state index in [1.165, 1.54) is 64.5 Å². The van der Waals surface area contributed by atoms with Crippen LogP contribution in [0.4, 0.5) is 0 Å². The van der Waals surface area contributed by atoms with Crippen LogP contribution in [0.2, 0.25) is 0 Å². The van der Waals surface area contributed by atoms with Crippen LogP contribution in [-0.2, 0) is 4.74 Å². The highest BCUT2D eigenvalue weighted by atomic mass is 127. The molecule has 2 saturated heterocycles. The van der Waals surface area contributed by atoms with Crippen LogP contribution in [0.3, 0.4) is 0 Å². The highest BCUT2D eigenvalue weighted by molar-refractivity contribution is 14.0. The van der Waals surface area contributed by atoms with Crippen LogP contribution in [0.5, 0.6) is 0 Å². The summed E-state index contributed by atoms with van der Waals surface area (Å²) in [7, 11) is 1.92. The Hall–Kier alpha value is -0.0800. The number of ether oxygens (including phenoxy) is 1. The van der Waals surface area contributed by atoms with Crippen LogP contribution < -0.4 is 5.32 Å². The van der Waals surface area contributed by atoms with E-state index in [2.05, 4.69) is 27.0 Å². The van der Waals surface area contributed by atoms with Gasteiger partial charge in [0.05, 0.1) is 5.60 Å². The third-order valence-corrected chi connectivity index (χ3v) is 6.28. The minimum absolute atomic E-state index is 0. The van der Waals surface area contributed by atoms with Crippen LogP contribution in [0, 0.1) is 0 Å². The fourth-order valence-electron chi connectivity index (χ4n) is 4.80. The SMILES string of the molecule is CCCOC1(CNC(=NC)N2CCC(N3CCCC3)C2)CCCCC1.I. The number of hydrogen-bond acceptors (Lipinski definition) is 3. The molecule has 26 heavy (non-hydrogen) atoms. The van der Waals surface area contributed by atoms with Crippen LogP contribution in [0.25, 0.3) is 0 Å². The second-order valence-corrected chi connectivity index (χ2v) is 8.12. The summed E-state index contributed by atoms with van der Waals surface area (Å²) >= 11 is 0. The maximum absolute atomic E-state index is 6.34. The van der Waals surface area contributed by atoms with Crippen LogP contribution >= 0.6 is 24.0 Å². The Morgan fingerprint density at radius 1 is 1.12 bits per heavy atom. The van der Waals surface area contributed by atoms with Gasteiger partial charge < -0.3 is 15.0 Å². The highest BCUT2D eigenvalue weighted by Gasteiger charge is 2.35. The molecule has 1 saturated carbocycles. The Kier molecular flexibility index (Phi) is 9.44. The number of hydrogen-bond donors (Lipinski definition) is 1. The maximum atomic E-state index is 6.34. The van der Waals surface area contributed by atoms with E-state index in [1.807, 2.05) is 7.05 Å². The molecule has 2 heterocycles. The Labute approximate surface area is 177 Å². The van der Waals surface area contributed by atoms with Gasteiger partial charge in [-0.15, -0.1) is 24.0 Å². The van der Waals surface area contributed by atoms with Crippen molar-refractivity contribution in [3.8, 4) is 0 Å². The maximum Gasteiger partial charge on any atom is 0.193 e. The van der Waals surface area contributed by atoms with Gasteiger partial charge in [-0.3, -0.25) is 9.89 Å². The Balaban J connectivity index is 0.00000243. The van der Waals surface area contributed by atoms with Gasteiger partial charge >= 0.3 is 0 Å². The summed E-state index contributed by atoms with van der Waals surface area (Å²) in [6, 6.07) is 0.723. The molecule has 3 aliphatic rings. The molecule has 0 aromatic carbocycles. The average Bonchev–Trinajstić information content (AvgIpc) is 3.33. The van der Waals surface area contributed by atoms with Crippen molar-refractivity contribution in [2.24, 2.45) is 4.99 Å². The standard InChI is InChI=1S/C20H38N4O.HI/c1-3-15-25-20(10-5-4-6-11-20)17-22-19(21-2)24-14-9-18(16-24)23-12-7-8-13-23;/h18H,3-17H2,1-2H3,(H,21,22);1H. The average molecular weight is 478 g/mol. The normalized spacial score (nSPS) is 26.8. The molecule has 3 rings (SSSR count). The van der Waals surface area contributed by atoms with E-state index in [1.54, 1.807) is 0 Å². The fourth-order valence-corrected chi connectivity index (χ4v) is 4.80. The van der Waals surface area contributed by atoms with E-state index in [4.69, 9.17) is 4.74 Å². The van der Waals surface area contributed by atoms with Crippen molar-refractivity contribution in [2.45, 2.75) is 76.4 Å². The lowest BCUT2D eigenvalue weighted by Gasteiger charge is -2.38. The fraction of sp³-hybridized carbons (Fsp3) is 0.950. The predicted octanol–water partition coefficient (Wildman–Crippen LogP) is 3.48. The molecule has 6 heteroatoms. The van der Waals surface area contributed by atoms with Crippen molar-refractivity contribution >= 4 is 29.9 Å². The summed E-state index contributed by atoms with van der Waals surface area (Å²) in [5.41, 5.74) is 0.0261. The zero-order valence-electron chi connectivity index (χ0n) is 16.8. The number of aliphatic imine (C=N–C) groups is 1. The molecule has 1 atom stereocenters. The second-order valence-electron chi connectivity index (χ2n) is 8.12. The molecule has 0 radical (unpaired) electrons. The third-order valence-electron chi connectivity index (χ3n) is 6.28. The number of halogens is 1. The van der Waals surface area contributed by atoms with Gasteiger partial charge in [-0.2, -0.15) is 0 Å². The first-order valence-corrected chi connectivity index (χ1v) is 10.6. The quantitative estimate of drug-likeness (QED) is 0.361. The molecule has 0 spiro atoms. The number of likely N-dealkylation sites (tertiary alicyclic amines) is 2. The van der Waals surface area contributed by atoms with Gasteiger partial charge in [-0.05, 0) is 51.6 Å². The lowest BCUT2D eigenvalue weighted by molar-refractivity contribution is -0.0659. The van der Waals surface area contributed by atoms with Gasteiger partial charge in [-0.25, -0.2) is 0 Å². The lowest BCUT2D eigenvalue weighted by Crippen LogP contribution is -2.50. The van der Waals surface area contributed by atoms with Crippen molar-refractivity contribution in [1.82, 2.24) is 15.1 Å². The first kappa shape index (κ1) is 22.2. The minimum Gasteiger partial charge on any atom is -0.373 e. The topological polar surface area (TPSA) is 40.1 Å². The summed E-state index contributed by atoms with van der Waals surface area (Å²) in [5, 5.41) is 3.67. The van der Waals surface area contributed by atoms with Crippen molar-refractivity contribution in [2.75, 3.05) is 46.4 Å². The Morgan fingerprint density at radius 3 is 2.50 bits per heavy atom. The highest BCUT2D eigenvalue weighted by Crippen LogP contribution is 2.31.